The molecule has 1 N–H and O–H groups in total. The number of para-hydroxylation sites is 1. The van der Waals surface area contributed by atoms with Gasteiger partial charge in [0.25, 0.3) is 5.91 Å². The molecule has 1 atom stereocenters. The lowest BCUT2D eigenvalue weighted by molar-refractivity contribution is 0.102. The lowest BCUT2D eigenvalue weighted by Crippen LogP contribution is -2.13. The lowest BCUT2D eigenvalue weighted by atomic mass is 9.97. The molecule has 0 radical (unpaired) electrons. The Morgan fingerprint density at radius 3 is 2.77 bits per heavy atom. The zero-order chi connectivity index (χ0) is 15.5. The third-order valence-electron chi connectivity index (χ3n) is 3.87. The summed E-state index contributed by atoms with van der Waals surface area (Å²) in [6.45, 7) is 4.31. The number of benzene rings is 2. The molecule has 0 aliphatic heterocycles. The van der Waals surface area contributed by atoms with Gasteiger partial charge in [-0.25, -0.2) is 0 Å². The molecular formula is C17H17N3OS. The van der Waals surface area contributed by atoms with Crippen LogP contribution < -0.4 is 5.32 Å². The summed E-state index contributed by atoms with van der Waals surface area (Å²) in [5, 5.41) is 3.02. The van der Waals surface area contributed by atoms with E-state index < -0.39 is 0 Å². The number of aromatic nitrogens is 2. The van der Waals surface area contributed by atoms with E-state index in [0.717, 1.165) is 40.4 Å². The van der Waals surface area contributed by atoms with Crippen molar-refractivity contribution in [1.82, 2.24) is 8.75 Å². The molecule has 1 unspecified atom stereocenters. The molecule has 1 amide bonds. The Hall–Kier alpha value is -2.27. The van der Waals surface area contributed by atoms with E-state index in [0.29, 0.717) is 11.5 Å². The molecule has 0 saturated heterocycles. The van der Waals surface area contributed by atoms with E-state index in [1.54, 1.807) is 12.1 Å². The van der Waals surface area contributed by atoms with Gasteiger partial charge in [0.2, 0.25) is 0 Å². The summed E-state index contributed by atoms with van der Waals surface area (Å²) in [5.41, 5.74) is 4.21. The van der Waals surface area contributed by atoms with Crippen LogP contribution in [0.15, 0.2) is 42.5 Å². The first-order chi connectivity index (χ1) is 10.7. The Labute approximate surface area is 133 Å². The van der Waals surface area contributed by atoms with Gasteiger partial charge in [-0.3, -0.25) is 4.79 Å². The average Bonchev–Trinajstić information content (AvgIpc) is 3.02. The van der Waals surface area contributed by atoms with Crippen LogP contribution in [0.1, 0.15) is 42.1 Å². The molecule has 0 fully saturated rings. The molecule has 1 aromatic heterocycles. The molecule has 5 heteroatoms. The molecule has 2 aromatic carbocycles. The van der Waals surface area contributed by atoms with Gasteiger partial charge in [-0.1, -0.05) is 32.0 Å². The minimum Gasteiger partial charge on any atom is -0.322 e. The molecule has 3 aromatic rings. The number of anilines is 1. The van der Waals surface area contributed by atoms with Crippen molar-refractivity contribution in [2.75, 3.05) is 5.32 Å². The third kappa shape index (κ3) is 2.85. The molecule has 4 nitrogen and oxygen atoms in total. The van der Waals surface area contributed by atoms with Crippen molar-refractivity contribution in [3.63, 3.8) is 0 Å². The van der Waals surface area contributed by atoms with Gasteiger partial charge in [-0.15, -0.1) is 0 Å². The van der Waals surface area contributed by atoms with Crippen LogP contribution in [0.4, 0.5) is 5.69 Å². The number of carbonyl (C=O) groups excluding carboxylic acids is 1. The van der Waals surface area contributed by atoms with Crippen LogP contribution in [-0.4, -0.2) is 14.7 Å². The monoisotopic (exact) mass is 311 g/mol. The predicted octanol–water partition coefficient (Wildman–Crippen LogP) is 4.46. The zero-order valence-electron chi connectivity index (χ0n) is 12.5. The fraction of sp³-hybridized carbons (Fsp3) is 0.235. The molecule has 0 bridgehead atoms. The summed E-state index contributed by atoms with van der Waals surface area (Å²) in [4.78, 5) is 12.5. The SMILES string of the molecule is CCC(C)c1ccccc1NC(=O)c1ccc2nsnc2c1. The number of hydrogen-bond donors (Lipinski definition) is 1. The molecule has 1 heterocycles. The van der Waals surface area contributed by atoms with Crippen molar-refractivity contribution in [2.24, 2.45) is 0 Å². The van der Waals surface area contributed by atoms with Crippen LogP contribution >= 0.6 is 11.7 Å². The summed E-state index contributed by atoms with van der Waals surface area (Å²) >= 11 is 1.15. The maximum absolute atomic E-state index is 12.5. The Balaban J connectivity index is 1.88. The van der Waals surface area contributed by atoms with Crippen LogP contribution in [0.3, 0.4) is 0 Å². The van der Waals surface area contributed by atoms with E-state index in [2.05, 4.69) is 34.0 Å². The maximum atomic E-state index is 12.5. The van der Waals surface area contributed by atoms with Gasteiger partial charge in [0.05, 0.1) is 11.7 Å². The second kappa shape index (κ2) is 6.23. The van der Waals surface area contributed by atoms with Gasteiger partial charge in [0.1, 0.15) is 11.0 Å². The van der Waals surface area contributed by atoms with Crippen molar-refractivity contribution in [2.45, 2.75) is 26.2 Å². The number of nitrogens with zero attached hydrogens (tertiary/aromatic N) is 2. The van der Waals surface area contributed by atoms with E-state index in [-0.39, 0.29) is 5.91 Å². The normalized spacial score (nSPS) is 12.3. The minimum absolute atomic E-state index is 0.120. The van der Waals surface area contributed by atoms with E-state index in [1.165, 1.54) is 0 Å². The van der Waals surface area contributed by atoms with Crippen molar-refractivity contribution in [3.05, 3.63) is 53.6 Å². The van der Waals surface area contributed by atoms with Gasteiger partial charge >= 0.3 is 0 Å². The highest BCUT2D eigenvalue weighted by molar-refractivity contribution is 7.00. The number of rotatable bonds is 4. The largest absolute Gasteiger partial charge is 0.322 e. The second-order valence-electron chi connectivity index (χ2n) is 5.32. The summed E-state index contributed by atoms with van der Waals surface area (Å²) in [5.74, 6) is 0.285. The topological polar surface area (TPSA) is 54.9 Å². The first-order valence-electron chi connectivity index (χ1n) is 7.31. The summed E-state index contributed by atoms with van der Waals surface area (Å²) in [6, 6.07) is 13.3. The number of amides is 1. The van der Waals surface area contributed by atoms with Crippen molar-refractivity contribution in [1.29, 1.82) is 0 Å². The third-order valence-corrected chi connectivity index (χ3v) is 4.42. The van der Waals surface area contributed by atoms with Crippen LogP contribution in [-0.2, 0) is 0 Å². The number of hydrogen-bond acceptors (Lipinski definition) is 4. The molecule has 112 valence electrons. The Bertz CT molecular complexity index is 812. The van der Waals surface area contributed by atoms with E-state index >= 15 is 0 Å². The van der Waals surface area contributed by atoms with Crippen LogP contribution in [0, 0.1) is 0 Å². The lowest BCUT2D eigenvalue weighted by Gasteiger charge is -2.15. The molecular weight excluding hydrogens is 294 g/mol. The Morgan fingerprint density at radius 2 is 1.95 bits per heavy atom. The summed E-state index contributed by atoms with van der Waals surface area (Å²) < 4.78 is 8.33. The smallest absolute Gasteiger partial charge is 0.255 e. The highest BCUT2D eigenvalue weighted by Crippen LogP contribution is 2.27. The first-order valence-corrected chi connectivity index (χ1v) is 8.04. The first kappa shape index (κ1) is 14.7. The zero-order valence-corrected chi connectivity index (χ0v) is 13.4. The Morgan fingerprint density at radius 1 is 1.18 bits per heavy atom. The van der Waals surface area contributed by atoms with E-state index in [4.69, 9.17) is 0 Å². The second-order valence-corrected chi connectivity index (χ2v) is 5.85. The number of fused-ring (bicyclic) bond motifs is 1. The standard InChI is InChI=1S/C17H17N3OS/c1-3-11(2)13-6-4-5-7-14(13)18-17(21)12-8-9-15-16(10-12)20-22-19-15/h4-11H,3H2,1-2H3,(H,18,21). The molecule has 0 saturated carbocycles. The fourth-order valence-electron chi connectivity index (χ4n) is 2.38. The summed E-state index contributed by atoms with van der Waals surface area (Å²) in [7, 11) is 0. The number of carbonyl (C=O) groups is 1. The predicted molar refractivity (Wildman–Crippen MR) is 90.5 cm³/mol. The van der Waals surface area contributed by atoms with Gasteiger partial charge in [0, 0.05) is 11.3 Å². The highest BCUT2D eigenvalue weighted by Gasteiger charge is 2.13. The van der Waals surface area contributed by atoms with Gasteiger partial charge < -0.3 is 5.32 Å². The van der Waals surface area contributed by atoms with Crippen LogP contribution in [0.2, 0.25) is 0 Å². The molecule has 22 heavy (non-hydrogen) atoms. The van der Waals surface area contributed by atoms with Crippen molar-refractivity contribution < 1.29 is 4.79 Å². The highest BCUT2D eigenvalue weighted by atomic mass is 32.1. The van der Waals surface area contributed by atoms with Gasteiger partial charge in [-0.2, -0.15) is 8.75 Å². The van der Waals surface area contributed by atoms with Crippen molar-refractivity contribution >= 4 is 34.4 Å². The molecule has 0 aliphatic carbocycles. The van der Waals surface area contributed by atoms with E-state index in [1.807, 2.05) is 24.3 Å². The quantitative estimate of drug-likeness (QED) is 0.774. The average molecular weight is 311 g/mol. The van der Waals surface area contributed by atoms with E-state index in [9.17, 15) is 4.79 Å². The molecule has 3 rings (SSSR count). The van der Waals surface area contributed by atoms with Crippen LogP contribution in [0.25, 0.3) is 11.0 Å². The minimum atomic E-state index is -0.120. The fourth-order valence-corrected chi connectivity index (χ4v) is 2.90. The van der Waals surface area contributed by atoms with Gasteiger partial charge in [-0.05, 0) is 42.2 Å². The maximum Gasteiger partial charge on any atom is 0.255 e. The summed E-state index contributed by atoms with van der Waals surface area (Å²) in [6.07, 6.45) is 1.03. The van der Waals surface area contributed by atoms with Crippen molar-refractivity contribution in [3.8, 4) is 0 Å². The molecule has 0 spiro atoms. The van der Waals surface area contributed by atoms with Crippen LogP contribution in [0.5, 0.6) is 0 Å². The Kier molecular flexibility index (Phi) is 4.15. The van der Waals surface area contributed by atoms with Gasteiger partial charge in [0.15, 0.2) is 0 Å². The number of nitrogens with one attached hydrogen (secondary N) is 1. The molecule has 0 aliphatic rings.